The smallest absolute Gasteiger partial charge is 0.126 e. The van der Waals surface area contributed by atoms with Gasteiger partial charge in [-0.1, -0.05) is 0 Å². The van der Waals surface area contributed by atoms with Crippen molar-refractivity contribution in [2.45, 2.75) is 33.2 Å². The second-order valence-electron chi connectivity index (χ2n) is 3.67. The molecular formula is C9H17N3. The van der Waals surface area contributed by atoms with Crippen LogP contribution in [0.15, 0.2) is 0 Å². The minimum atomic E-state index is -0.0704. The molecule has 0 unspecified atom stereocenters. The molecule has 2 N–H and O–H groups in total. The van der Waals surface area contributed by atoms with Gasteiger partial charge in [-0.2, -0.15) is 0 Å². The lowest BCUT2D eigenvalue weighted by Gasteiger charge is -2.20. The van der Waals surface area contributed by atoms with Gasteiger partial charge in [0, 0.05) is 5.69 Å². The molecule has 0 atom stereocenters. The van der Waals surface area contributed by atoms with Gasteiger partial charge in [0.2, 0.25) is 0 Å². The van der Waals surface area contributed by atoms with Crippen LogP contribution in [0, 0.1) is 13.8 Å². The second-order valence-corrected chi connectivity index (χ2v) is 3.67. The highest BCUT2D eigenvalue weighted by Crippen LogP contribution is 2.17. The molecule has 1 rings (SSSR count). The summed E-state index contributed by atoms with van der Waals surface area (Å²) in [5.41, 5.74) is 2.15. The van der Waals surface area contributed by atoms with Gasteiger partial charge >= 0.3 is 0 Å². The fourth-order valence-electron chi connectivity index (χ4n) is 0.962. The topological polar surface area (TPSA) is 40.7 Å². The minimum absolute atomic E-state index is 0.0704. The van der Waals surface area contributed by atoms with E-state index in [2.05, 4.69) is 29.1 Å². The Hall–Kier alpha value is -0.830. The van der Waals surface area contributed by atoms with Gasteiger partial charge in [-0.05, 0) is 34.7 Å². The van der Waals surface area contributed by atoms with E-state index >= 15 is 0 Å². The number of aromatic amines is 1. The first-order valence-corrected chi connectivity index (χ1v) is 4.20. The lowest BCUT2D eigenvalue weighted by Crippen LogP contribution is -2.34. The number of hydrogen-bond donors (Lipinski definition) is 2. The van der Waals surface area contributed by atoms with Crippen LogP contribution in [0.1, 0.15) is 31.1 Å². The van der Waals surface area contributed by atoms with Gasteiger partial charge in [0.1, 0.15) is 5.82 Å². The highest BCUT2D eigenvalue weighted by atomic mass is 15.0. The Morgan fingerprint density at radius 1 is 1.33 bits per heavy atom. The van der Waals surface area contributed by atoms with Gasteiger partial charge in [0.05, 0.1) is 11.2 Å². The van der Waals surface area contributed by atoms with Crippen molar-refractivity contribution in [2.75, 3.05) is 7.05 Å². The molecule has 0 saturated carbocycles. The molecule has 0 bridgehead atoms. The predicted molar refractivity (Wildman–Crippen MR) is 50.1 cm³/mol. The Bertz CT molecular complexity index is 254. The number of nitrogens with one attached hydrogen (secondary N) is 2. The Kier molecular flexibility index (Phi) is 2.24. The fourth-order valence-corrected chi connectivity index (χ4v) is 0.962. The summed E-state index contributed by atoms with van der Waals surface area (Å²) < 4.78 is 0. The van der Waals surface area contributed by atoms with E-state index in [0.717, 1.165) is 17.2 Å². The summed E-state index contributed by atoms with van der Waals surface area (Å²) >= 11 is 0. The number of rotatable bonds is 2. The third kappa shape index (κ3) is 1.50. The molecule has 1 aromatic rings. The van der Waals surface area contributed by atoms with Crippen molar-refractivity contribution in [2.24, 2.45) is 0 Å². The molecular weight excluding hydrogens is 150 g/mol. The molecule has 0 aliphatic heterocycles. The standard InChI is InChI=1S/C9H17N3/c1-6-7(2)12-8(11-6)9(3,4)10-5/h10H,1-5H3,(H,11,12). The van der Waals surface area contributed by atoms with Gasteiger partial charge in [-0.25, -0.2) is 4.98 Å². The third-order valence-electron chi connectivity index (χ3n) is 2.35. The number of nitrogens with zero attached hydrogens (tertiary/aromatic N) is 1. The Balaban J connectivity index is 3.04. The van der Waals surface area contributed by atoms with Crippen molar-refractivity contribution < 1.29 is 0 Å². The molecule has 1 aromatic heterocycles. The van der Waals surface area contributed by atoms with Gasteiger partial charge < -0.3 is 10.3 Å². The van der Waals surface area contributed by atoms with Crippen molar-refractivity contribution >= 4 is 0 Å². The molecule has 0 fully saturated rings. The van der Waals surface area contributed by atoms with Crippen LogP contribution >= 0.6 is 0 Å². The van der Waals surface area contributed by atoms with E-state index < -0.39 is 0 Å². The Morgan fingerprint density at radius 3 is 2.25 bits per heavy atom. The SMILES string of the molecule is CNC(C)(C)c1nc(C)c(C)[nH]1. The zero-order chi connectivity index (χ0) is 9.35. The van der Waals surface area contributed by atoms with Crippen LogP contribution in [0.4, 0.5) is 0 Å². The first kappa shape index (κ1) is 9.26. The quantitative estimate of drug-likeness (QED) is 0.700. The van der Waals surface area contributed by atoms with E-state index in [0.29, 0.717) is 0 Å². The van der Waals surface area contributed by atoms with E-state index in [4.69, 9.17) is 0 Å². The summed E-state index contributed by atoms with van der Waals surface area (Å²) in [5.74, 6) is 1.00. The fraction of sp³-hybridized carbons (Fsp3) is 0.667. The van der Waals surface area contributed by atoms with Crippen molar-refractivity contribution in [1.29, 1.82) is 0 Å². The lowest BCUT2D eigenvalue weighted by molar-refractivity contribution is 0.420. The second kappa shape index (κ2) is 2.90. The van der Waals surface area contributed by atoms with Crippen molar-refractivity contribution in [3.63, 3.8) is 0 Å². The lowest BCUT2D eigenvalue weighted by atomic mass is 10.1. The monoisotopic (exact) mass is 167 g/mol. The number of aryl methyl sites for hydroxylation is 2. The van der Waals surface area contributed by atoms with Gasteiger partial charge in [-0.3, -0.25) is 0 Å². The molecule has 12 heavy (non-hydrogen) atoms. The van der Waals surface area contributed by atoms with Crippen LogP contribution in [0.3, 0.4) is 0 Å². The summed E-state index contributed by atoms with van der Waals surface area (Å²) in [5, 5.41) is 3.20. The zero-order valence-corrected chi connectivity index (χ0v) is 8.45. The van der Waals surface area contributed by atoms with E-state index in [-0.39, 0.29) is 5.54 Å². The zero-order valence-electron chi connectivity index (χ0n) is 8.45. The highest BCUT2D eigenvalue weighted by molar-refractivity contribution is 5.15. The molecule has 68 valence electrons. The minimum Gasteiger partial charge on any atom is -0.344 e. The molecule has 3 nitrogen and oxygen atoms in total. The van der Waals surface area contributed by atoms with Gasteiger partial charge in [0.25, 0.3) is 0 Å². The van der Waals surface area contributed by atoms with Crippen molar-refractivity contribution in [3.8, 4) is 0 Å². The first-order valence-electron chi connectivity index (χ1n) is 4.20. The van der Waals surface area contributed by atoms with E-state index in [1.165, 1.54) is 0 Å². The molecule has 0 aliphatic carbocycles. The molecule has 0 amide bonds. The van der Waals surface area contributed by atoms with Crippen LogP contribution in [-0.2, 0) is 5.54 Å². The third-order valence-corrected chi connectivity index (χ3v) is 2.35. The molecule has 0 aliphatic rings. The summed E-state index contributed by atoms with van der Waals surface area (Å²) in [6.45, 7) is 8.26. The molecule has 0 radical (unpaired) electrons. The largest absolute Gasteiger partial charge is 0.344 e. The number of hydrogen-bond acceptors (Lipinski definition) is 2. The van der Waals surface area contributed by atoms with Crippen molar-refractivity contribution in [3.05, 3.63) is 17.2 Å². The maximum absolute atomic E-state index is 4.43. The molecule has 0 saturated heterocycles. The highest BCUT2D eigenvalue weighted by Gasteiger charge is 2.21. The number of aromatic nitrogens is 2. The number of imidazole rings is 1. The van der Waals surface area contributed by atoms with Gasteiger partial charge in [0.15, 0.2) is 0 Å². The number of H-pyrrole nitrogens is 1. The van der Waals surface area contributed by atoms with Crippen LogP contribution in [0.25, 0.3) is 0 Å². The van der Waals surface area contributed by atoms with Crippen molar-refractivity contribution in [1.82, 2.24) is 15.3 Å². The molecule has 0 aromatic carbocycles. The van der Waals surface area contributed by atoms with Crippen LogP contribution < -0.4 is 5.32 Å². The summed E-state index contributed by atoms with van der Waals surface area (Å²) in [6, 6.07) is 0. The maximum Gasteiger partial charge on any atom is 0.126 e. The molecule has 1 heterocycles. The summed E-state index contributed by atoms with van der Waals surface area (Å²) in [7, 11) is 1.94. The first-order chi connectivity index (χ1) is 5.47. The molecule has 0 spiro atoms. The average Bonchev–Trinajstić information content (AvgIpc) is 2.33. The van der Waals surface area contributed by atoms with Gasteiger partial charge in [-0.15, -0.1) is 0 Å². The van der Waals surface area contributed by atoms with Crippen LogP contribution in [0.2, 0.25) is 0 Å². The van der Waals surface area contributed by atoms with E-state index in [1.54, 1.807) is 0 Å². The Labute approximate surface area is 73.6 Å². The van der Waals surface area contributed by atoms with E-state index in [9.17, 15) is 0 Å². The predicted octanol–water partition coefficient (Wildman–Crippen LogP) is 1.48. The summed E-state index contributed by atoms with van der Waals surface area (Å²) in [6.07, 6.45) is 0. The van der Waals surface area contributed by atoms with E-state index in [1.807, 2.05) is 20.9 Å². The Morgan fingerprint density at radius 2 is 1.92 bits per heavy atom. The van der Waals surface area contributed by atoms with Crippen LogP contribution in [-0.4, -0.2) is 17.0 Å². The average molecular weight is 167 g/mol. The summed E-state index contributed by atoms with van der Waals surface area (Å²) in [4.78, 5) is 7.70. The maximum atomic E-state index is 4.43. The van der Waals surface area contributed by atoms with Crippen LogP contribution in [0.5, 0.6) is 0 Å². The normalized spacial score (nSPS) is 12.1. The molecule has 3 heteroatoms.